The van der Waals surface area contributed by atoms with E-state index < -0.39 is 0 Å². The van der Waals surface area contributed by atoms with Crippen LogP contribution in [-0.4, -0.2) is 11.7 Å². The van der Waals surface area contributed by atoms with Gasteiger partial charge < -0.3 is 9.30 Å². The normalized spacial score (nSPS) is 16.8. The molecular formula is C11H15NO. The lowest BCUT2D eigenvalue weighted by Gasteiger charge is -2.13. The van der Waals surface area contributed by atoms with Gasteiger partial charge in [0.1, 0.15) is 5.75 Å². The molecule has 0 fully saturated rings. The topological polar surface area (TPSA) is 14.2 Å². The maximum Gasteiger partial charge on any atom is 0.136 e. The van der Waals surface area contributed by atoms with E-state index in [1.807, 2.05) is 12.3 Å². The number of aromatic nitrogens is 1. The van der Waals surface area contributed by atoms with E-state index in [2.05, 4.69) is 16.8 Å². The van der Waals surface area contributed by atoms with Gasteiger partial charge in [-0.3, -0.25) is 0 Å². The second kappa shape index (κ2) is 3.69. The fourth-order valence-electron chi connectivity index (χ4n) is 1.73. The van der Waals surface area contributed by atoms with Crippen LogP contribution in [0, 0.1) is 0 Å². The van der Waals surface area contributed by atoms with E-state index in [9.17, 15) is 0 Å². The lowest BCUT2D eigenvalue weighted by Crippen LogP contribution is -1.97. The molecule has 1 aromatic rings. The van der Waals surface area contributed by atoms with Crippen LogP contribution in [0.3, 0.4) is 0 Å². The van der Waals surface area contributed by atoms with E-state index in [0.29, 0.717) is 0 Å². The molecule has 1 aliphatic carbocycles. The molecule has 1 aliphatic rings. The SMILES string of the molecule is COc1ccn(C2=CCCCC2)c1. The summed E-state index contributed by atoms with van der Waals surface area (Å²) in [5, 5.41) is 0. The Hall–Kier alpha value is -1.18. The summed E-state index contributed by atoms with van der Waals surface area (Å²) < 4.78 is 7.30. The van der Waals surface area contributed by atoms with E-state index in [1.54, 1.807) is 7.11 Å². The Bertz CT molecular complexity index is 312. The van der Waals surface area contributed by atoms with Crippen molar-refractivity contribution in [3.63, 3.8) is 0 Å². The number of rotatable bonds is 2. The smallest absolute Gasteiger partial charge is 0.136 e. The van der Waals surface area contributed by atoms with Gasteiger partial charge in [0.25, 0.3) is 0 Å². The Morgan fingerprint density at radius 2 is 2.31 bits per heavy atom. The van der Waals surface area contributed by atoms with Gasteiger partial charge in [0.15, 0.2) is 0 Å². The molecule has 0 atom stereocenters. The molecule has 0 aliphatic heterocycles. The van der Waals surface area contributed by atoms with Gasteiger partial charge in [-0.2, -0.15) is 0 Å². The fraction of sp³-hybridized carbons (Fsp3) is 0.455. The van der Waals surface area contributed by atoms with Crippen molar-refractivity contribution in [2.45, 2.75) is 25.7 Å². The zero-order valence-corrected chi connectivity index (χ0v) is 7.99. The summed E-state index contributed by atoms with van der Waals surface area (Å²) >= 11 is 0. The zero-order valence-electron chi connectivity index (χ0n) is 7.99. The molecule has 0 aromatic carbocycles. The first-order valence-electron chi connectivity index (χ1n) is 4.81. The van der Waals surface area contributed by atoms with Crippen LogP contribution < -0.4 is 4.74 Å². The van der Waals surface area contributed by atoms with E-state index in [1.165, 1.54) is 31.4 Å². The summed E-state index contributed by atoms with van der Waals surface area (Å²) in [6, 6.07) is 2.00. The summed E-state index contributed by atoms with van der Waals surface area (Å²) in [5.41, 5.74) is 1.41. The van der Waals surface area contributed by atoms with Gasteiger partial charge in [-0.05, 0) is 31.7 Å². The minimum atomic E-state index is 0.937. The Balaban J connectivity index is 2.19. The third kappa shape index (κ3) is 1.77. The standard InChI is InChI=1S/C11H15NO/c1-13-11-7-8-12(9-11)10-5-3-2-4-6-10/h5,7-9H,2-4,6H2,1H3. The van der Waals surface area contributed by atoms with Gasteiger partial charge in [0, 0.05) is 11.9 Å². The molecule has 70 valence electrons. The lowest BCUT2D eigenvalue weighted by atomic mass is 10.1. The van der Waals surface area contributed by atoms with Crippen LogP contribution in [0.2, 0.25) is 0 Å². The fourth-order valence-corrected chi connectivity index (χ4v) is 1.73. The quantitative estimate of drug-likeness (QED) is 0.677. The zero-order chi connectivity index (χ0) is 9.10. The molecule has 0 amide bonds. The van der Waals surface area contributed by atoms with E-state index in [4.69, 9.17) is 4.74 Å². The number of nitrogens with zero attached hydrogens (tertiary/aromatic N) is 1. The summed E-state index contributed by atoms with van der Waals surface area (Å²) in [4.78, 5) is 0. The predicted molar refractivity (Wildman–Crippen MR) is 53.7 cm³/mol. The summed E-state index contributed by atoms with van der Waals surface area (Å²) in [6.45, 7) is 0. The van der Waals surface area contributed by atoms with Crippen molar-refractivity contribution in [3.8, 4) is 5.75 Å². The van der Waals surface area contributed by atoms with Crippen molar-refractivity contribution < 1.29 is 4.74 Å². The Labute approximate surface area is 78.8 Å². The second-order valence-electron chi connectivity index (χ2n) is 3.40. The Morgan fingerprint density at radius 3 is 2.92 bits per heavy atom. The van der Waals surface area contributed by atoms with Crippen molar-refractivity contribution in [3.05, 3.63) is 24.5 Å². The van der Waals surface area contributed by atoms with Gasteiger partial charge in [-0.15, -0.1) is 0 Å². The van der Waals surface area contributed by atoms with Crippen LogP contribution in [0.1, 0.15) is 25.7 Å². The predicted octanol–water partition coefficient (Wildman–Crippen LogP) is 2.91. The first kappa shape index (κ1) is 8.42. The molecule has 2 rings (SSSR count). The molecule has 2 nitrogen and oxygen atoms in total. The van der Waals surface area contributed by atoms with Crippen molar-refractivity contribution in [1.29, 1.82) is 0 Å². The molecule has 0 unspecified atom stereocenters. The Kier molecular flexibility index (Phi) is 2.39. The lowest BCUT2D eigenvalue weighted by molar-refractivity contribution is 0.415. The summed E-state index contributed by atoms with van der Waals surface area (Å²) in [5.74, 6) is 0.937. The number of allylic oxidation sites excluding steroid dienone is 2. The molecule has 1 aromatic heterocycles. The first-order chi connectivity index (χ1) is 6.40. The third-order valence-electron chi connectivity index (χ3n) is 2.50. The highest BCUT2D eigenvalue weighted by atomic mass is 16.5. The maximum absolute atomic E-state index is 5.14. The average Bonchev–Trinajstić information content (AvgIpc) is 2.67. The molecular weight excluding hydrogens is 162 g/mol. The Morgan fingerprint density at radius 1 is 1.38 bits per heavy atom. The average molecular weight is 177 g/mol. The van der Waals surface area contributed by atoms with E-state index in [0.717, 1.165) is 5.75 Å². The van der Waals surface area contributed by atoms with Crippen molar-refractivity contribution in [2.75, 3.05) is 7.11 Å². The molecule has 0 bridgehead atoms. The molecule has 0 spiro atoms. The highest BCUT2D eigenvalue weighted by molar-refractivity contribution is 5.47. The third-order valence-corrected chi connectivity index (χ3v) is 2.50. The van der Waals surface area contributed by atoms with E-state index in [-0.39, 0.29) is 0 Å². The van der Waals surface area contributed by atoms with Gasteiger partial charge in [-0.25, -0.2) is 0 Å². The molecule has 0 N–H and O–H groups in total. The number of hydrogen-bond donors (Lipinski definition) is 0. The first-order valence-corrected chi connectivity index (χ1v) is 4.81. The second-order valence-corrected chi connectivity index (χ2v) is 3.40. The number of methoxy groups -OCH3 is 1. The van der Waals surface area contributed by atoms with Crippen molar-refractivity contribution in [2.24, 2.45) is 0 Å². The van der Waals surface area contributed by atoms with Crippen molar-refractivity contribution >= 4 is 5.70 Å². The minimum Gasteiger partial charge on any atom is -0.495 e. The van der Waals surface area contributed by atoms with Gasteiger partial charge >= 0.3 is 0 Å². The number of ether oxygens (including phenoxy) is 1. The van der Waals surface area contributed by atoms with Gasteiger partial charge in [-0.1, -0.05) is 6.08 Å². The monoisotopic (exact) mass is 177 g/mol. The van der Waals surface area contributed by atoms with Gasteiger partial charge in [0.05, 0.1) is 13.3 Å². The van der Waals surface area contributed by atoms with Crippen LogP contribution in [0.25, 0.3) is 5.70 Å². The highest BCUT2D eigenvalue weighted by Crippen LogP contribution is 2.23. The molecule has 0 saturated carbocycles. The largest absolute Gasteiger partial charge is 0.495 e. The molecule has 2 heteroatoms. The van der Waals surface area contributed by atoms with Crippen LogP contribution in [0.4, 0.5) is 0 Å². The van der Waals surface area contributed by atoms with Crippen LogP contribution >= 0.6 is 0 Å². The highest BCUT2D eigenvalue weighted by Gasteiger charge is 2.05. The minimum absolute atomic E-state index is 0.937. The molecule has 0 radical (unpaired) electrons. The van der Waals surface area contributed by atoms with Crippen LogP contribution in [0.15, 0.2) is 24.5 Å². The molecule has 0 saturated heterocycles. The van der Waals surface area contributed by atoms with Crippen molar-refractivity contribution in [1.82, 2.24) is 4.57 Å². The molecule has 1 heterocycles. The van der Waals surface area contributed by atoms with Gasteiger partial charge in [0.2, 0.25) is 0 Å². The summed E-state index contributed by atoms with van der Waals surface area (Å²) in [6.07, 6.45) is 11.5. The van der Waals surface area contributed by atoms with Crippen LogP contribution in [0.5, 0.6) is 5.75 Å². The maximum atomic E-state index is 5.14. The van der Waals surface area contributed by atoms with E-state index >= 15 is 0 Å². The van der Waals surface area contributed by atoms with Crippen LogP contribution in [-0.2, 0) is 0 Å². The summed E-state index contributed by atoms with van der Waals surface area (Å²) in [7, 11) is 1.70. The molecule has 13 heavy (non-hydrogen) atoms. The number of hydrogen-bond acceptors (Lipinski definition) is 1.